The topological polar surface area (TPSA) is 72.9 Å². The third kappa shape index (κ3) is 4.81. The predicted octanol–water partition coefficient (Wildman–Crippen LogP) is 2.35. The Hall–Kier alpha value is -1.85. The highest BCUT2D eigenvalue weighted by Crippen LogP contribution is 2.17. The second-order valence-electron chi connectivity index (χ2n) is 6.00. The van der Waals surface area contributed by atoms with Crippen LogP contribution in [0.1, 0.15) is 41.6 Å². The normalized spacial score (nSPS) is 20.6. The lowest BCUT2D eigenvalue weighted by Gasteiger charge is -2.26. The van der Waals surface area contributed by atoms with Crippen molar-refractivity contribution < 1.29 is 4.79 Å². The summed E-state index contributed by atoms with van der Waals surface area (Å²) in [6, 6.07) is 10.6. The Morgan fingerprint density at radius 3 is 2.61 bits per heavy atom. The van der Waals surface area contributed by atoms with Gasteiger partial charge < -0.3 is 11.1 Å². The molecule has 0 saturated heterocycles. The van der Waals surface area contributed by atoms with E-state index in [4.69, 9.17) is 5.73 Å². The molecule has 3 N–H and O–H groups in total. The molecule has 23 heavy (non-hydrogen) atoms. The van der Waals surface area contributed by atoms with Gasteiger partial charge in [-0.3, -0.25) is 9.48 Å². The van der Waals surface area contributed by atoms with Crippen LogP contribution in [0.4, 0.5) is 0 Å². The zero-order valence-corrected chi connectivity index (χ0v) is 13.8. The van der Waals surface area contributed by atoms with Gasteiger partial charge in [0, 0.05) is 18.3 Å². The first kappa shape index (κ1) is 17.5. The lowest BCUT2D eigenvalue weighted by Crippen LogP contribution is -2.40. The van der Waals surface area contributed by atoms with E-state index in [1.165, 1.54) is 5.56 Å². The van der Waals surface area contributed by atoms with Gasteiger partial charge in [0.1, 0.15) is 0 Å². The van der Waals surface area contributed by atoms with Gasteiger partial charge in [0.2, 0.25) is 0 Å². The molecule has 1 aliphatic rings. The van der Waals surface area contributed by atoms with Crippen molar-refractivity contribution in [1.82, 2.24) is 15.1 Å². The van der Waals surface area contributed by atoms with Crippen LogP contribution >= 0.6 is 12.4 Å². The van der Waals surface area contributed by atoms with Crippen molar-refractivity contribution in [3.05, 3.63) is 53.9 Å². The van der Waals surface area contributed by atoms with E-state index >= 15 is 0 Å². The van der Waals surface area contributed by atoms with Gasteiger partial charge in [-0.15, -0.1) is 12.4 Å². The molecule has 1 amide bonds. The first-order valence-electron chi connectivity index (χ1n) is 7.83. The van der Waals surface area contributed by atoms with Crippen molar-refractivity contribution in [3.63, 3.8) is 0 Å². The maximum atomic E-state index is 12.3. The largest absolute Gasteiger partial charge is 0.349 e. The van der Waals surface area contributed by atoms with E-state index in [0.29, 0.717) is 18.2 Å². The highest BCUT2D eigenvalue weighted by Gasteiger charge is 2.21. The number of hydrogen-bond donors (Lipinski definition) is 2. The van der Waals surface area contributed by atoms with Crippen LogP contribution in [0.5, 0.6) is 0 Å². The minimum Gasteiger partial charge on any atom is -0.349 e. The van der Waals surface area contributed by atoms with Gasteiger partial charge in [-0.2, -0.15) is 5.10 Å². The number of benzene rings is 1. The molecule has 1 aliphatic carbocycles. The Labute approximate surface area is 142 Å². The first-order valence-corrected chi connectivity index (χ1v) is 7.83. The molecule has 3 rings (SSSR count). The maximum Gasteiger partial charge on any atom is 0.254 e. The molecule has 1 aromatic carbocycles. The van der Waals surface area contributed by atoms with Gasteiger partial charge >= 0.3 is 0 Å². The van der Waals surface area contributed by atoms with Crippen molar-refractivity contribution in [2.24, 2.45) is 5.73 Å². The third-order valence-electron chi connectivity index (χ3n) is 4.19. The summed E-state index contributed by atoms with van der Waals surface area (Å²) in [6.07, 6.45) is 7.33. The SMILES string of the molecule is Cl.NC1CCC(NC(=O)c2cnn(Cc3ccccc3)c2)CC1. The Kier molecular flexibility index (Phi) is 6.19. The van der Waals surface area contributed by atoms with E-state index in [1.54, 1.807) is 17.1 Å². The van der Waals surface area contributed by atoms with Crippen LogP contribution in [-0.4, -0.2) is 27.8 Å². The number of rotatable bonds is 4. The molecular weight excluding hydrogens is 312 g/mol. The predicted molar refractivity (Wildman–Crippen MR) is 92.7 cm³/mol. The van der Waals surface area contributed by atoms with Gasteiger partial charge in [0.05, 0.1) is 18.3 Å². The molecule has 124 valence electrons. The number of carbonyl (C=O) groups is 1. The zero-order chi connectivity index (χ0) is 15.4. The molecular formula is C17H23ClN4O. The summed E-state index contributed by atoms with van der Waals surface area (Å²) in [5, 5.41) is 7.36. The molecule has 1 heterocycles. The molecule has 6 heteroatoms. The third-order valence-corrected chi connectivity index (χ3v) is 4.19. The summed E-state index contributed by atoms with van der Waals surface area (Å²) in [5.41, 5.74) is 7.67. The lowest BCUT2D eigenvalue weighted by atomic mass is 9.92. The fourth-order valence-corrected chi connectivity index (χ4v) is 2.87. The molecule has 0 unspecified atom stereocenters. The number of hydrogen-bond acceptors (Lipinski definition) is 3. The summed E-state index contributed by atoms with van der Waals surface area (Å²) >= 11 is 0. The minimum atomic E-state index is -0.0419. The average Bonchev–Trinajstić information content (AvgIpc) is 2.99. The Balaban J connectivity index is 0.00000192. The van der Waals surface area contributed by atoms with E-state index in [2.05, 4.69) is 10.4 Å². The minimum absolute atomic E-state index is 0. The van der Waals surface area contributed by atoms with Crippen molar-refractivity contribution >= 4 is 18.3 Å². The van der Waals surface area contributed by atoms with Crippen molar-refractivity contribution in [1.29, 1.82) is 0 Å². The first-order chi connectivity index (χ1) is 10.7. The average molecular weight is 335 g/mol. The molecule has 0 radical (unpaired) electrons. The standard InChI is InChI=1S/C17H22N4O.ClH/c18-15-6-8-16(9-7-15)20-17(22)14-10-19-21(12-14)11-13-4-2-1-3-5-13;/h1-5,10,12,15-16H,6-9,11,18H2,(H,20,22);1H. The summed E-state index contributed by atoms with van der Waals surface area (Å²) < 4.78 is 1.79. The van der Waals surface area contributed by atoms with Crippen LogP contribution in [0.15, 0.2) is 42.7 Å². The zero-order valence-electron chi connectivity index (χ0n) is 13.0. The molecule has 0 bridgehead atoms. The van der Waals surface area contributed by atoms with Crippen LogP contribution in [0.2, 0.25) is 0 Å². The number of nitrogens with zero attached hydrogens (tertiary/aromatic N) is 2. The van der Waals surface area contributed by atoms with E-state index in [-0.39, 0.29) is 24.4 Å². The Bertz CT molecular complexity index is 621. The monoisotopic (exact) mass is 334 g/mol. The van der Waals surface area contributed by atoms with E-state index in [0.717, 1.165) is 25.7 Å². The van der Waals surface area contributed by atoms with E-state index < -0.39 is 0 Å². The molecule has 5 nitrogen and oxygen atoms in total. The second-order valence-corrected chi connectivity index (χ2v) is 6.00. The van der Waals surface area contributed by atoms with Crippen LogP contribution < -0.4 is 11.1 Å². The van der Waals surface area contributed by atoms with Gasteiger partial charge in [-0.05, 0) is 31.2 Å². The second kappa shape index (κ2) is 8.13. The van der Waals surface area contributed by atoms with Crippen molar-refractivity contribution in [2.45, 2.75) is 44.3 Å². The van der Waals surface area contributed by atoms with Crippen molar-refractivity contribution in [2.75, 3.05) is 0 Å². The summed E-state index contributed by atoms with van der Waals surface area (Å²) in [7, 11) is 0. The highest BCUT2D eigenvalue weighted by atomic mass is 35.5. The number of aromatic nitrogens is 2. The van der Waals surface area contributed by atoms with Gasteiger partial charge in [-0.1, -0.05) is 30.3 Å². The van der Waals surface area contributed by atoms with Crippen LogP contribution in [0.3, 0.4) is 0 Å². The van der Waals surface area contributed by atoms with E-state index in [9.17, 15) is 4.79 Å². The van der Waals surface area contributed by atoms with E-state index in [1.807, 2.05) is 30.3 Å². The number of amides is 1. The maximum absolute atomic E-state index is 12.3. The molecule has 2 aromatic rings. The van der Waals surface area contributed by atoms with Crippen molar-refractivity contribution in [3.8, 4) is 0 Å². The van der Waals surface area contributed by atoms with Crippen LogP contribution in [0, 0.1) is 0 Å². The number of carbonyl (C=O) groups excluding carboxylic acids is 1. The van der Waals surface area contributed by atoms with Crippen LogP contribution in [0.25, 0.3) is 0 Å². The van der Waals surface area contributed by atoms with Gasteiger partial charge in [0.15, 0.2) is 0 Å². The fourth-order valence-electron chi connectivity index (χ4n) is 2.87. The number of nitrogens with one attached hydrogen (secondary N) is 1. The highest BCUT2D eigenvalue weighted by molar-refractivity contribution is 5.93. The molecule has 1 saturated carbocycles. The van der Waals surface area contributed by atoms with Gasteiger partial charge in [-0.25, -0.2) is 0 Å². The Morgan fingerprint density at radius 1 is 1.22 bits per heavy atom. The number of halogens is 1. The summed E-state index contributed by atoms with van der Waals surface area (Å²) in [4.78, 5) is 12.3. The molecule has 0 atom stereocenters. The Morgan fingerprint density at radius 2 is 1.91 bits per heavy atom. The molecule has 0 spiro atoms. The molecule has 1 fully saturated rings. The summed E-state index contributed by atoms with van der Waals surface area (Å²) in [5.74, 6) is -0.0419. The van der Waals surface area contributed by atoms with Gasteiger partial charge in [0.25, 0.3) is 5.91 Å². The fraction of sp³-hybridized carbons (Fsp3) is 0.412. The number of nitrogens with two attached hydrogens (primary N) is 1. The van der Waals surface area contributed by atoms with Crippen LogP contribution in [-0.2, 0) is 6.54 Å². The summed E-state index contributed by atoms with van der Waals surface area (Å²) in [6.45, 7) is 0.673. The molecule has 1 aromatic heterocycles. The quantitative estimate of drug-likeness (QED) is 0.901. The smallest absolute Gasteiger partial charge is 0.254 e. The lowest BCUT2D eigenvalue weighted by molar-refractivity contribution is 0.0926. The molecule has 0 aliphatic heterocycles.